The highest BCUT2D eigenvalue weighted by atomic mass is 35.5. The van der Waals surface area contributed by atoms with Gasteiger partial charge in [-0.1, -0.05) is 23.7 Å². The van der Waals surface area contributed by atoms with Crippen LogP contribution in [0.4, 0.5) is 15.8 Å². The maximum atomic E-state index is 13.2. The van der Waals surface area contributed by atoms with Gasteiger partial charge < -0.3 is 10.6 Å². The Hall–Kier alpha value is -2.40. The Morgan fingerprint density at radius 2 is 1.75 bits per heavy atom. The SMILES string of the molecule is Cc1c(Cl)cccc1NC(=O)C1(C(=O)Nc2cccc(F)c2)CC1. The van der Waals surface area contributed by atoms with Crippen molar-refractivity contribution >= 4 is 34.8 Å². The molecular weight excluding hydrogens is 331 g/mol. The first-order valence-corrected chi connectivity index (χ1v) is 7.94. The van der Waals surface area contributed by atoms with Crippen LogP contribution in [0.5, 0.6) is 0 Å². The van der Waals surface area contributed by atoms with Crippen LogP contribution in [0, 0.1) is 18.2 Å². The Labute approximate surface area is 144 Å². The molecule has 0 radical (unpaired) electrons. The minimum Gasteiger partial charge on any atom is -0.325 e. The van der Waals surface area contributed by atoms with E-state index < -0.39 is 17.1 Å². The molecule has 0 unspecified atom stereocenters. The van der Waals surface area contributed by atoms with Crippen molar-refractivity contribution in [3.8, 4) is 0 Å². The van der Waals surface area contributed by atoms with E-state index in [0.29, 0.717) is 29.2 Å². The molecule has 1 fully saturated rings. The molecule has 1 aliphatic carbocycles. The lowest BCUT2D eigenvalue weighted by atomic mass is 10.0. The lowest BCUT2D eigenvalue weighted by Crippen LogP contribution is -2.35. The van der Waals surface area contributed by atoms with Gasteiger partial charge in [-0.05, 0) is 55.7 Å². The maximum Gasteiger partial charge on any atom is 0.240 e. The van der Waals surface area contributed by atoms with Gasteiger partial charge in [0, 0.05) is 16.4 Å². The molecule has 2 amide bonds. The molecule has 2 N–H and O–H groups in total. The summed E-state index contributed by atoms with van der Waals surface area (Å²) in [5.41, 5.74) is 0.547. The number of halogens is 2. The van der Waals surface area contributed by atoms with Gasteiger partial charge in [-0.3, -0.25) is 9.59 Å². The van der Waals surface area contributed by atoms with Gasteiger partial charge in [0.25, 0.3) is 0 Å². The summed E-state index contributed by atoms with van der Waals surface area (Å²) in [4.78, 5) is 25.0. The molecule has 6 heteroatoms. The fourth-order valence-electron chi connectivity index (χ4n) is 2.48. The number of benzene rings is 2. The van der Waals surface area contributed by atoms with E-state index >= 15 is 0 Å². The van der Waals surface area contributed by atoms with Crippen LogP contribution in [0.25, 0.3) is 0 Å². The molecule has 1 saturated carbocycles. The molecule has 0 heterocycles. The molecule has 0 spiro atoms. The summed E-state index contributed by atoms with van der Waals surface area (Å²) in [6, 6.07) is 10.8. The van der Waals surface area contributed by atoms with Gasteiger partial charge in [0.15, 0.2) is 0 Å². The molecule has 1 aliphatic rings. The zero-order valence-electron chi connectivity index (χ0n) is 13.0. The number of carbonyl (C=O) groups excluding carboxylic acids is 2. The molecule has 0 bridgehead atoms. The largest absolute Gasteiger partial charge is 0.325 e. The first-order valence-electron chi connectivity index (χ1n) is 7.56. The van der Waals surface area contributed by atoms with E-state index in [1.165, 1.54) is 18.2 Å². The van der Waals surface area contributed by atoms with Crippen LogP contribution in [0.3, 0.4) is 0 Å². The molecule has 2 aromatic rings. The van der Waals surface area contributed by atoms with Crippen LogP contribution in [0.1, 0.15) is 18.4 Å². The van der Waals surface area contributed by atoms with E-state index in [2.05, 4.69) is 10.6 Å². The average Bonchev–Trinajstić information content (AvgIpc) is 3.34. The monoisotopic (exact) mass is 346 g/mol. The second-order valence-electron chi connectivity index (χ2n) is 5.91. The van der Waals surface area contributed by atoms with Crippen LogP contribution in [-0.2, 0) is 9.59 Å². The summed E-state index contributed by atoms with van der Waals surface area (Å²) in [5, 5.41) is 5.93. The zero-order chi connectivity index (χ0) is 17.3. The molecule has 24 heavy (non-hydrogen) atoms. The minimum absolute atomic E-state index is 0.331. The predicted molar refractivity (Wildman–Crippen MR) is 91.5 cm³/mol. The third-order valence-electron chi connectivity index (χ3n) is 4.22. The molecule has 124 valence electrons. The Bertz CT molecular complexity index is 818. The number of carbonyl (C=O) groups is 2. The zero-order valence-corrected chi connectivity index (χ0v) is 13.8. The molecule has 0 aromatic heterocycles. The number of hydrogen-bond acceptors (Lipinski definition) is 2. The van der Waals surface area contributed by atoms with Gasteiger partial charge in [0.2, 0.25) is 11.8 Å². The lowest BCUT2D eigenvalue weighted by molar-refractivity contribution is -0.131. The smallest absolute Gasteiger partial charge is 0.240 e. The van der Waals surface area contributed by atoms with E-state index in [0.717, 1.165) is 5.56 Å². The highest BCUT2D eigenvalue weighted by Gasteiger charge is 2.56. The lowest BCUT2D eigenvalue weighted by Gasteiger charge is -2.17. The van der Waals surface area contributed by atoms with Crippen molar-refractivity contribution in [1.29, 1.82) is 0 Å². The van der Waals surface area contributed by atoms with Gasteiger partial charge in [-0.15, -0.1) is 0 Å². The molecule has 0 saturated heterocycles. The number of nitrogens with one attached hydrogen (secondary N) is 2. The first-order chi connectivity index (χ1) is 11.4. The fraction of sp³-hybridized carbons (Fsp3) is 0.222. The van der Waals surface area contributed by atoms with Gasteiger partial charge in [-0.2, -0.15) is 0 Å². The fourth-order valence-corrected chi connectivity index (χ4v) is 2.66. The topological polar surface area (TPSA) is 58.2 Å². The second kappa shape index (κ2) is 6.24. The van der Waals surface area contributed by atoms with Crippen LogP contribution < -0.4 is 10.6 Å². The summed E-state index contributed by atoms with van der Waals surface area (Å²) in [6.07, 6.45) is 0.916. The van der Waals surface area contributed by atoms with Crippen LogP contribution in [0.2, 0.25) is 5.02 Å². The molecule has 0 atom stereocenters. The van der Waals surface area contributed by atoms with Crippen LogP contribution in [-0.4, -0.2) is 11.8 Å². The summed E-state index contributed by atoms with van der Waals surface area (Å²) in [7, 11) is 0. The predicted octanol–water partition coefficient (Wildman–Crippen LogP) is 4.14. The van der Waals surface area contributed by atoms with Crippen LogP contribution in [0.15, 0.2) is 42.5 Å². The van der Waals surface area contributed by atoms with Crippen LogP contribution >= 0.6 is 11.6 Å². The van der Waals surface area contributed by atoms with Crippen molar-refractivity contribution in [2.24, 2.45) is 5.41 Å². The summed E-state index contributed by atoms with van der Waals surface area (Å²) < 4.78 is 13.2. The Kier molecular flexibility index (Phi) is 4.28. The Morgan fingerprint density at radius 3 is 2.42 bits per heavy atom. The van der Waals surface area contributed by atoms with Gasteiger partial charge in [0.05, 0.1) is 0 Å². The van der Waals surface area contributed by atoms with Crippen molar-refractivity contribution in [2.75, 3.05) is 10.6 Å². The van der Waals surface area contributed by atoms with Gasteiger partial charge >= 0.3 is 0 Å². The number of rotatable bonds is 4. The summed E-state index contributed by atoms with van der Waals surface area (Å²) in [6.45, 7) is 1.80. The molecule has 2 aromatic carbocycles. The second-order valence-corrected chi connectivity index (χ2v) is 6.32. The van der Waals surface area contributed by atoms with Gasteiger partial charge in [0.1, 0.15) is 11.2 Å². The minimum atomic E-state index is -1.11. The van der Waals surface area contributed by atoms with Gasteiger partial charge in [-0.25, -0.2) is 4.39 Å². The molecule has 4 nitrogen and oxygen atoms in total. The average molecular weight is 347 g/mol. The molecule has 0 aliphatic heterocycles. The Morgan fingerprint density at radius 1 is 1.08 bits per heavy atom. The third kappa shape index (κ3) is 3.12. The maximum absolute atomic E-state index is 13.2. The summed E-state index contributed by atoms with van der Waals surface area (Å²) in [5.74, 6) is -1.25. The highest BCUT2D eigenvalue weighted by molar-refractivity contribution is 6.31. The quantitative estimate of drug-likeness (QED) is 0.817. The molecular formula is C18H16ClFN2O2. The van der Waals surface area contributed by atoms with Crippen molar-refractivity contribution in [3.05, 3.63) is 58.9 Å². The van der Waals surface area contributed by atoms with Crippen molar-refractivity contribution in [2.45, 2.75) is 19.8 Å². The van der Waals surface area contributed by atoms with Crippen molar-refractivity contribution in [3.63, 3.8) is 0 Å². The number of amides is 2. The van der Waals surface area contributed by atoms with E-state index in [-0.39, 0.29) is 5.91 Å². The van der Waals surface area contributed by atoms with Crippen molar-refractivity contribution < 1.29 is 14.0 Å². The Balaban J connectivity index is 1.74. The third-order valence-corrected chi connectivity index (χ3v) is 4.63. The van der Waals surface area contributed by atoms with Crippen molar-refractivity contribution in [1.82, 2.24) is 0 Å². The molecule has 3 rings (SSSR count). The van der Waals surface area contributed by atoms with E-state index in [1.807, 2.05) is 0 Å². The highest BCUT2D eigenvalue weighted by Crippen LogP contribution is 2.47. The van der Waals surface area contributed by atoms with E-state index in [4.69, 9.17) is 11.6 Å². The normalized spacial score (nSPS) is 14.8. The first kappa shape index (κ1) is 16.5. The summed E-state index contributed by atoms with van der Waals surface area (Å²) >= 11 is 6.05. The van der Waals surface area contributed by atoms with E-state index in [1.54, 1.807) is 31.2 Å². The van der Waals surface area contributed by atoms with E-state index in [9.17, 15) is 14.0 Å². The standard InChI is InChI=1S/C18H16ClFN2O2/c1-11-14(19)6-3-7-15(11)22-17(24)18(8-9-18)16(23)21-13-5-2-4-12(20)10-13/h2-7,10H,8-9H2,1H3,(H,21,23)(H,22,24). The number of hydrogen-bond donors (Lipinski definition) is 2. The number of anilines is 2.